The van der Waals surface area contributed by atoms with Gasteiger partial charge in [0, 0.05) is 31.3 Å². The van der Waals surface area contributed by atoms with Gasteiger partial charge < -0.3 is 58.0 Å². The van der Waals surface area contributed by atoms with Gasteiger partial charge in [-0.2, -0.15) is 0 Å². The minimum atomic E-state index is -1.01. The molecule has 0 aromatic heterocycles. The topological polar surface area (TPSA) is 217 Å². The third-order valence-corrected chi connectivity index (χ3v) is 8.68. The van der Waals surface area contributed by atoms with E-state index < -0.39 is 29.7 Å². The van der Waals surface area contributed by atoms with Gasteiger partial charge in [0.15, 0.2) is 0 Å². The van der Waals surface area contributed by atoms with Gasteiger partial charge in [-0.05, 0) is 42.8 Å². The number of piperidine rings is 1. The number of amides is 5. The van der Waals surface area contributed by atoms with E-state index in [4.69, 9.17) is 47.4 Å². The van der Waals surface area contributed by atoms with Crippen molar-refractivity contribution in [3.8, 4) is 5.75 Å². The maximum absolute atomic E-state index is 13.2. The van der Waals surface area contributed by atoms with Gasteiger partial charge in [0.2, 0.25) is 17.7 Å². The van der Waals surface area contributed by atoms with E-state index in [-0.39, 0.29) is 29.9 Å². The molecular formula is C41H58N4O15. The lowest BCUT2D eigenvalue weighted by atomic mass is 10.0. The fraction of sp³-hybridized carbons (Fsp3) is 0.585. The van der Waals surface area contributed by atoms with Gasteiger partial charge in [-0.1, -0.05) is 6.07 Å². The standard InChI is InChI=1S/C41H58N4O15/c1-31(46)43-32-5-7-33(8-6-32)60-30-29-59-28-27-58-26-25-57-24-23-56-22-21-55-20-19-54-18-17-53-16-15-52-14-13-51-12-11-42-35-4-2-3-34-38(35)41(50)45(40(34)49)36-9-10-37(47)44-39(36)48/h2-8,36,42H,9-30H2,1H3,(H,43,46)(H,44,47,48). The third kappa shape index (κ3) is 18.0. The number of ether oxygens (including phenoxy) is 10. The van der Waals surface area contributed by atoms with Gasteiger partial charge in [-0.25, -0.2) is 0 Å². The molecule has 1 unspecified atom stereocenters. The highest BCUT2D eigenvalue weighted by Crippen LogP contribution is 2.32. The van der Waals surface area contributed by atoms with Crippen molar-refractivity contribution < 1.29 is 71.3 Å². The van der Waals surface area contributed by atoms with Crippen LogP contribution in [0.15, 0.2) is 42.5 Å². The van der Waals surface area contributed by atoms with Crippen LogP contribution >= 0.6 is 0 Å². The first-order valence-corrected chi connectivity index (χ1v) is 20.1. The highest BCUT2D eigenvalue weighted by molar-refractivity contribution is 6.25. The molecule has 0 bridgehead atoms. The van der Waals surface area contributed by atoms with E-state index in [1.54, 1.807) is 42.5 Å². The monoisotopic (exact) mass is 846 g/mol. The summed E-state index contributed by atoms with van der Waals surface area (Å²) in [6.45, 7) is 10.1. The molecule has 4 rings (SSSR count). The van der Waals surface area contributed by atoms with Gasteiger partial charge in [-0.3, -0.25) is 34.2 Å². The molecule has 1 fully saturated rings. The third-order valence-electron chi connectivity index (χ3n) is 8.68. The number of hydrogen-bond donors (Lipinski definition) is 3. The summed E-state index contributed by atoms with van der Waals surface area (Å²) in [6.07, 6.45) is 0.162. The molecule has 2 aromatic rings. The molecule has 5 amide bonds. The number of nitrogens with one attached hydrogen (secondary N) is 3. The largest absolute Gasteiger partial charge is 0.491 e. The summed E-state index contributed by atoms with van der Waals surface area (Å²) in [7, 11) is 0. The van der Waals surface area contributed by atoms with Crippen LogP contribution in [-0.4, -0.2) is 173 Å². The summed E-state index contributed by atoms with van der Waals surface area (Å²) in [4.78, 5) is 62.0. The molecule has 2 heterocycles. The quantitative estimate of drug-likeness (QED) is 0.0675. The molecule has 0 radical (unpaired) electrons. The van der Waals surface area contributed by atoms with Crippen LogP contribution in [0.25, 0.3) is 0 Å². The molecule has 0 aliphatic carbocycles. The number of nitrogens with zero attached hydrogens (tertiary/aromatic N) is 1. The second-order valence-electron chi connectivity index (χ2n) is 13.2. The number of benzene rings is 2. The summed E-state index contributed by atoms with van der Waals surface area (Å²) in [5.74, 6) is -1.60. The van der Waals surface area contributed by atoms with Crippen LogP contribution in [-0.2, 0) is 57.0 Å². The number of carbonyl (C=O) groups excluding carboxylic acids is 5. The molecule has 2 aliphatic rings. The second-order valence-corrected chi connectivity index (χ2v) is 13.2. The van der Waals surface area contributed by atoms with E-state index in [2.05, 4.69) is 16.0 Å². The highest BCUT2D eigenvalue weighted by atomic mass is 16.6. The Morgan fingerprint density at radius 2 is 1.08 bits per heavy atom. The van der Waals surface area contributed by atoms with Crippen molar-refractivity contribution in [1.29, 1.82) is 0 Å². The van der Waals surface area contributed by atoms with Crippen LogP contribution in [0.2, 0.25) is 0 Å². The highest BCUT2D eigenvalue weighted by Gasteiger charge is 2.45. The Morgan fingerprint density at radius 1 is 0.617 bits per heavy atom. The van der Waals surface area contributed by atoms with E-state index in [1.807, 2.05) is 0 Å². The number of fused-ring (bicyclic) bond motifs is 1. The van der Waals surface area contributed by atoms with E-state index in [0.29, 0.717) is 144 Å². The molecule has 2 aliphatic heterocycles. The number of hydrogen-bond acceptors (Lipinski definition) is 16. The number of anilines is 2. The van der Waals surface area contributed by atoms with Crippen molar-refractivity contribution in [3.05, 3.63) is 53.6 Å². The minimum absolute atomic E-state index is 0.0622. The van der Waals surface area contributed by atoms with Crippen LogP contribution in [0.3, 0.4) is 0 Å². The van der Waals surface area contributed by atoms with Gasteiger partial charge in [0.05, 0.1) is 130 Å². The van der Waals surface area contributed by atoms with Crippen molar-refractivity contribution in [2.45, 2.75) is 25.8 Å². The van der Waals surface area contributed by atoms with Crippen LogP contribution in [0.1, 0.15) is 40.5 Å². The summed E-state index contributed by atoms with van der Waals surface area (Å²) in [5.41, 5.74) is 1.62. The number of imide groups is 2. The zero-order valence-corrected chi connectivity index (χ0v) is 34.2. The molecule has 3 N–H and O–H groups in total. The fourth-order valence-corrected chi connectivity index (χ4v) is 5.84. The second kappa shape index (κ2) is 28.8. The molecule has 0 spiro atoms. The van der Waals surface area contributed by atoms with Crippen LogP contribution in [0.5, 0.6) is 5.75 Å². The molecule has 19 nitrogen and oxygen atoms in total. The number of carbonyl (C=O) groups is 5. The Bertz CT molecular complexity index is 1610. The molecule has 2 aromatic carbocycles. The zero-order chi connectivity index (χ0) is 42.6. The summed E-state index contributed by atoms with van der Waals surface area (Å²) >= 11 is 0. The molecule has 60 heavy (non-hydrogen) atoms. The average Bonchev–Trinajstić information content (AvgIpc) is 3.49. The summed E-state index contributed by atoms with van der Waals surface area (Å²) in [5, 5.41) is 8.03. The van der Waals surface area contributed by atoms with E-state index in [1.165, 1.54) is 6.92 Å². The van der Waals surface area contributed by atoms with Crippen LogP contribution in [0, 0.1) is 0 Å². The Morgan fingerprint density at radius 3 is 1.55 bits per heavy atom. The predicted octanol–water partition coefficient (Wildman–Crippen LogP) is 1.69. The number of rotatable bonds is 34. The van der Waals surface area contributed by atoms with Crippen molar-refractivity contribution in [2.75, 3.05) is 143 Å². The van der Waals surface area contributed by atoms with Gasteiger partial charge in [-0.15, -0.1) is 0 Å². The lowest BCUT2D eigenvalue weighted by Gasteiger charge is -2.27. The molecule has 332 valence electrons. The first kappa shape index (κ1) is 48.1. The van der Waals surface area contributed by atoms with Crippen molar-refractivity contribution in [3.63, 3.8) is 0 Å². The Balaban J connectivity index is 0.828. The molecular weight excluding hydrogens is 788 g/mol. The molecule has 0 saturated carbocycles. The lowest BCUT2D eigenvalue weighted by Crippen LogP contribution is -2.54. The average molecular weight is 847 g/mol. The van der Waals surface area contributed by atoms with E-state index >= 15 is 0 Å². The minimum Gasteiger partial charge on any atom is -0.491 e. The lowest BCUT2D eigenvalue weighted by molar-refractivity contribution is -0.136. The molecule has 1 atom stereocenters. The maximum atomic E-state index is 13.2. The van der Waals surface area contributed by atoms with Crippen LogP contribution in [0.4, 0.5) is 11.4 Å². The van der Waals surface area contributed by atoms with E-state index in [0.717, 1.165) is 10.6 Å². The Kier molecular flexibility index (Phi) is 23.1. The fourth-order valence-electron chi connectivity index (χ4n) is 5.84. The van der Waals surface area contributed by atoms with Crippen LogP contribution < -0.4 is 20.7 Å². The summed E-state index contributed by atoms with van der Waals surface area (Å²) < 4.78 is 55.2. The Hall–Kier alpha value is -4.57. The normalized spacial score (nSPS) is 15.0. The first-order chi connectivity index (χ1) is 29.3. The molecule has 19 heteroatoms. The predicted molar refractivity (Wildman–Crippen MR) is 215 cm³/mol. The van der Waals surface area contributed by atoms with Gasteiger partial charge >= 0.3 is 0 Å². The first-order valence-electron chi connectivity index (χ1n) is 20.1. The zero-order valence-electron chi connectivity index (χ0n) is 34.2. The molecule has 1 saturated heterocycles. The van der Waals surface area contributed by atoms with Crippen molar-refractivity contribution >= 4 is 40.9 Å². The maximum Gasteiger partial charge on any atom is 0.264 e. The smallest absolute Gasteiger partial charge is 0.264 e. The Labute approximate surface area is 349 Å². The van der Waals surface area contributed by atoms with Crippen molar-refractivity contribution in [2.24, 2.45) is 0 Å². The SMILES string of the molecule is CC(=O)Nc1ccc(OCCOCCOCCOCCOCCOCCOCCOCCOCCOCCNc2cccc3c2C(=O)N(C2CCC(=O)NC2=O)C3=O)cc1. The van der Waals surface area contributed by atoms with E-state index in [9.17, 15) is 24.0 Å². The van der Waals surface area contributed by atoms with Gasteiger partial charge in [0.25, 0.3) is 11.8 Å². The van der Waals surface area contributed by atoms with Crippen molar-refractivity contribution in [1.82, 2.24) is 10.2 Å². The van der Waals surface area contributed by atoms with Gasteiger partial charge in [0.1, 0.15) is 18.4 Å². The summed E-state index contributed by atoms with van der Waals surface area (Å²) in [6, 6.07) is 11.0.